The second kappa shape index (κ2) is 11.1. The van der Waals surface area contributed by atoms with Crippen LogP contribution < -0.4 is 4.74 Å². The summed E-state index contributed by atoms with van der Waals surface area (Å²) in [4.78, 5) is 29.9. The number of carbonyl (C=O) groups is 2. The highest BCUT2D eigenvalue weighted by Crippen LogP contribution is 2.41. The molecule has 0 radical (unpaired) electrons. The van der Waals surface area contributed by atoms with Crippen LogP contribution in [0.5, 0.6) is 5.75 Å². The van der Waals surface area contributed by atoms with E-state index in [4.69, 9.17) is 16.3 Å². The lowest BCUT2D eigenvalue weighted by molar-refractivity contribution is -0.262. The summed E-state index contributed by atoms with van der Waals surface area (Å²) in [5.74, 6) is -0.980. The van der Waals surface area contributed by atoms with Gasteiger partial charge in [0.05, 0.1) is 10.6 Å². The molecule has 38 heavy (non-hydrogen) atoms. The molecule has 206 valence electrons. The molecule has 11 heteroatoms. The average molecular weight is 554 g/mol. The molecule has 0 spiro atoms. The number of aliphatic hydroxyl groups is 1. The molecule has 2 aliphatic heterocycles. The molecule has 2 heterocycles. The molecule has 2 amide bonds. The predicted octanol–water partition coefficient (Wildman–Crippen LogP) is 3.94. The maximum Gasteiger partial charge on any atom is 0.430 e. The molecule has 4 rings (SSSR count). The van der Waals surface area contributed by atoms with Crippen molar-refractivity contribution >= 4 is 23.4 Å². The number of hydrogen-bond donors (Lipinski definition) is 1. The van der Waals surface area contributed by atoms with Crippen molar-refractivity contribution in [1.82, 2.24) is 14.7 Å². The van der Waals surface area contributed by atoms with E-state index in [9.17, 15) is 27.9 Å². The van der Waals surface area contributed by atoms with Gasteiger partial charge in [-0.2, -0.15) is 13.2 Å². The first-order valence-corrected chi connectivity index (χ1v) is 12.9. The fourth-order valence-corrected chi connectivity index (χ4v) is 5.36. The summed E-state index contributed by atoms with van der Waals surface area (Å²) in [6.45, 7) is 1.62. The highest BCUT2D eigenvalue weighted by molar-refractivity contribution is 6.34. The summed E-state index contributed by atoms with van der Waals surface area (Å²) in [7, 11) is 3.30. The Kier molecular flexibility index (Phi) is 8.25. The molecule has 0 unspecified atom stereocenters. The summed E-state index contributed by atoms with van der Waals surface area (Å²) >= 11 is 6.28. The highest BCUT2D eigenvalue weighted by atomic mass is 35.5. The van der Waals surface area contributed by atoms with Gasteiger partial charge in [-0.15, -0.1) is 0 Å². The van der Waals surface area contributed by atoms with Crippen molar-refractivity contribution in [2.45, 2.75) is 43.2 Å². The van der Waals surface area contributed by atoms with Crippen molar-refractivity contribution in [2.75, 3.05) is 40.3 Å². The lowest BCUT2D eigenvalue weighted by Gasteiger charge is -2.40. The Hall–Kier alpha value is -2.82. The summed E-state index contributed by atoms with van der Waals surface area (Å²) in [6, 6.07) is 11.5. The number of carbonyl (C=O) groups excluding carboxylic acids is 2. The number of likely N-dealkylation sites (tertiary alicyclic amines) is 2. The number of ether oxygens (including phenoxy) is 1. The van der Waals surface area contributed by atoms with Crippen LogP contribution in [0.3, 0.4) is 0 Å². The van der Waals surface area contributed by atoms with Gasteiger partial charge in [-0.3, -0.25) is 14.5 Å². The van der Waals surface area contributed by atoms with Gasteiger partial charge in [-0.25, -0.2) is 0 Å². The molecule has 7 nitrogen and oxygen atoms in total. The molecule has 1 N–H and O–H groups in total. The number of benzene rings is 2. The van der Waals surface area contributed by atoms with Crippen LogP contribution in [0.4, 0.5) is 13.2 Å². The van der Waals surface area contributed by atoms with Gasteiger partial charge in [0, 0.05) is 51.9 Å². The van der Waals surface area contributed by atoms with E-state index in [1.165, 1.54) is 23.1 Å². The third kappa shape index (κ3) is 5.62. The van der Waals surface area contributed by atoms with Gasteiger partial charge in [0.2, 0.25) is 0 Å². The normalized spacial score (nSPS) is 20.7. The lowest BCUT2D eigenvalue weighted by Crippen LogP contribution is -2.58. The molecule has 2 aromatic rings. The van der Waals surface area contributed by atoms with Gasteiger partial charge in [-0.05, 0) is 37.5 Å². The third-order valence-electron chi connectivity index (χ3n) is 7.24. The topological polar surface area (TPSA) is 73.3 Å². The smallest absolute Gasteiger partial charge is 0.430 e. The maximum atomic E-state index is 13.9. The Balaban J connectivity index is 1.34. The van der Waals surface area contributed by atoms with Crippen LogP contribution >= 0.6 is 11.6 Å². The molecule has 2 aromatic carbocycles. The number of alkyl halides is 3. The minimum Gasteiger partial charge on any atom is -0.489 e. The minimum absolute atomic E-state index is 0.0898. The second-order valence-electron chi connectivity index (χ2n) is 9.96. The zero-order valence-corrected chi connectivity index (χ0v) is 22.0. The van der Waals surface area contributed by atoms with Gasteiger partial charge in [0.25, 0.3) is 17.4 Å². The van der Waals surface area contributed by atoms with Crippen LogP contribution in [0.15, 0.2) is 48.5 Å². The fraction of sp³-hybridized carbons (Fsp3) is 0.481. The fourth-order valence-electron chi connectivity index (χ4n) is 5.11. The van der Waals surface area contributed by atoms with E-state index in [1.54, 1.807) is 32.3 Å². The van der Waals surface area contributed by atoms with Crippen molar-refractivity contribution in [3.05, 3.63) is 64.7 Å². The van der Waals surface area contributed by atoms with E-state index in [0.717, 1.165) is 30.0 Å². The second-order valence-corrected chi connectivity index (χ2v) is 10.4. The Morgan fingerprint density at radius 3 is 2.26 bits per heavy atom. The summed E-state index contributed by atoms with van der Waals surface area (Å²) < 4.78 is 47.8. The highest BCUT2D eigenvalue weighted by Gasteiger charge is 2.62. The van der Waals surface area contributed by atoms with Gasteiger partial charge >= 0.3 is 6.18 Å². The summed E-state index contributed by atoms with van der Waals surface area (Å²) in [6.07, 6.45) is -3.50. The van der Waals surface area contributed by atoms with Gasteiger partial charge in [0.15, 0.2) is 0 Å². The zero-order chi connectivity index (χ0) is 27.7. The minimum atomic E-state index is -5.15. The Morgan fingerprint density at radius 2 is 1.68 bits per heavy atom. The monoisotopic (exact) mass is 553 g/mol. The van der Waals surface area contributed by atoms with E-state index in [1.807, 2.05) is 0 Å². The third-order valence-corrected chi connectivity index (χ3v) is 7.55. The van der Waals surface area contributed by atoms with E-state index in [2.05, 4.69) is 4.90 Å². The molecular formula is C27H31ClF3N3O4. The van der Waals surface area contributed by atoms with E-state index in [0.29, 0.717) is 35.7 Å². The van der Waals surface area contributed by atoms with E-state index < -0.39 is 23.2 Å². The van der Waals surface area contributed by atoms with Crippen molar-refractivity contribution in [3.8, 4) is 5.75 Å². The average Bonchev–Trinajstić information content (AvgIpc) is 3.35. The molecule has 0 saturated carbocycles. The number of piperidine rings is 1. The number of halogens is 4. The van der Waals surface area contributed by atoms with E-state index >= 15 is 0 Å². The molecule has 2 aliphatic rings. The first-order valence-electron chi connectivity index (χ1n) is 12.5. The first-order chi connectivity index (χ1) is 17.9. The Bertz CT molecular complexity index is 1160. The van der Waals surface area contributed by atoms with Crippen molar-refractivity contribution in [2.24, 2.45) is 0 Å². The molecule has 0 aromatic heterocycles. The molecule has 2 saturated heterocycles. The van der Waals surface area contributed by atoms with Crippen LogP contribution in [0.25, 0.3) is 0 Å². The van der Waals surface area contributed by atoms with Crippen LogP contribution in [0.2, 0.25) is 5.02 Å². The standard InChI is InChI=1S/C27H31ClF3N3O4/c1-32(2)24(35)22-9-8-20(16-23(22)28)38-21-12-15-34(17-21)19-10-13-33(14-11-19)25(36)26(37,27(29,30)31)18-6-4-3-5-7-18/h3-9,16,19,21,37H,10-15,17H2,1-2H3/t21-,26+/m0/s1. The first kappa shape index (κ1) is 28.2. The lowest BCUT2D eigenvalue weighted by atomic mass is 9.90. The maximum absolute atomic E-state index is 13.9. The molecule has 2 fully saturated rings. The quantitative estimate of drug-likeness (QED) is 0.587. The number of amides is 2. The largest absolute Gasteiger partial charge is 0.489 e. The number of hydrogen-bond acceptors (Lipinski definition) is 5. The van der Waals surface area contributed by atoms with Gasteiger partial charge in [0.1, 0.15) is 11.9 Å². The van der Waals surface area contributed by atoms with E-state index in [-0.39, 0.29) is 31.1 Å². The SMILES string of the molecule is CN(C)C(=O)c1ccc(O[C@H]2CCN(C3CCN(C(=O)[C@](O)(c4ccccc4)C(F)(F)F)CC3)C2)cc1Cl. The Morgan fingerprint density at radius 1 is 1.03 bits per heavy atom. The Labute approximate surface area is 224 Å². The molecule has 0 aliphatic carbocycles. The number of rotatable bonds is 6. The van der Waals surface area contributed by atoms with Crippen molar-refractivity contribution < 1.29 is 32.6 Å². The summed E-state index contributed by atoms with van der Waals surface area (Å²) in [5, 5.41) is 10.9. The van der Waals surface area contributed by atoms with Crippen molar-refractivity contribution in [3.63, 3.8) is 0 Å². The molecule has 0 bridgehead atoms. The van der Waals surface area contributed by atoms with Crippen LogP contribution in [-0.4, -0.2) is 90.2 Å². The van der Waals surface area contributed by atoms with Crippen molar-refractivity contribution in [1.29, 1.82) is 0 Å². The van der Waals surface area contributed by atoms with Crippen LogP contribution in [0, 0.1) is 0 Å². The van der Waals surface area contributed by atoms with Crippen LogP contribution in [-0.2, 0) is 10.4 Å². The predicted molar refractivity (Wildman–Crippen MR) is 136 cm³/mol. The molecule has 2 atom stereocenters. The summed E-state index contributed by atoms with van der Waals surface area (Å²) in [5.41, 5.74) is -3.68. The van der Waals surface area contributed by atoms with Crippen LogP contribution in [0.1, 0.15) is 35.2 Å². The van der Waals surface area contributed by atoms with Gasteiger partial charge in [-0.1, -0.05) is 41.9 Å². The van der Waals surface area contributed by atoms with Gasteiger partial charge < -0.3 is 19.6 Å². The number of nitrogens with zero attached hydrogens (tertiary/aromatic N) is 3. The molecular weight excluding hydrogens is 523 g/mol. The zero-order valence-electron chi connectivity index (χ0n) is 21.2.